The van der Waals surface area contributed by atoms with Crippen molar-refractivity contribution in [2.24, 2.45) is 0 Å². The van der Waals surface area contributed by atoms with Crippen LogP contribution >= 0.6 is 0 Å². The lowest BCUT2D eigenvalue weighted by Gasteiger charge is -2.19. The van der Waals surface area contributed by atoms with Crippen LogP contribution in [0.15, 0.2) is 18.2 Å². The maximum Gasteiger partial charge on any atom is 0.416 e. The molecule has 21 heavy (non-hydrogen) atoms. The molecule has 0 aliphatic carbocycles. The number of anilines is 1. The van der Waals surface area contributed by atoms with Gasteiger partial charge in [0.15, 0.2) is 0 Å². The van der Waals surface area contributed by atoms with Gasteiger partial charge in [0, 0.05) is 20.2 Å². The van der Waals surface area contributed by atoms with Gasteiger partial charge in [0.2, 0.25) is 0 Å². The summed E-state index contributed by atoms with van der Waals surface area (Å²) in [6, 6.07) is 3.23. The van der Waals surface area contributed by atoms with Crippen LogP contribution in [0.4, 0.5) is 18.9 Å². The minimum absolute atomic E-state index is 0.0130. The molecule has 0 aromatic heterocycles. The average Bonchev–Trinajstić information content (AvgIpc) is 2.36. The summed E-state index contributed by atoms with van der Waals surface area (Å²) in [5, 5.41) is 8.66. The van der Waals surface area contributed by atoms with Crippen LogP contribution in [0.3, 0.4) is 0 Å². The van der Waals surface area contributed by atoms with Crippen LogP contribution in [0.2, 0.25) is 0 Å². The Morgan fingerprint density at radius 1 is 1.33 bits per heavy atom. The van der Waals surface area contributed by atoms with Gasteiger partial charge in [-0.1, -0.05) is 6.07 Å². The number of benzene rings is 1. The number of aryl methyl sites for hydroxylation is 1. The molecule has 0 atom stereocenters. The Morgan fingerprint density at radius 3 is 2.48 bits per heavy atom. The predicted molar refractivity (Wildman–Crippen MR) is 73.1 cm³/mol. The molecular weight excluding hydrogens is 309 g/mol. The zero-order chi connectivity index (χ0) is 16.3. The third-order valence-electron chi connectivity index (χ3n) is 2.83. The highest BCUT2D eigenvalue weighted by Gasteiger charge is 2.32. The van der Waals surface area contributed by atoms with E-state index in [2.05, 4.69) is 4.72 Å². The average molecular weight is 326 g/mol. The SMILES string of the molecule is Cc1ccc(NS(=O)(=O)N(C)CCCO)cc1C(F)(F)F. The smallest absolute Gasteiger partial charge is 0.396 e. The van der Waals surface area contributed by atoms with E-state index >= 15 is 0 Å². The highest BCUT2D eigenvalue weighted by atomic mass is 32.2. The first-order valence-corrected chi connectivity index (χ1v) is 7.54. The second-order valence-corrected chi connectivity index (χ2v) is 6.31. The number of aliphatic hydroxyl groups is 1. The van der Waals surface area contributed by atoms with Crippen molar-refractivity contribution in [3.05, 3.63) is 29.3 Å². The lowest BCUT2D eigenvalue weighted by Crippen LogP contribution is -2.33. The van der Waals surface area contributed by atoms with Gasteiger partial charge >= 0.3 is 16.4 Å². The second kappa shape index (κ2) is 6.63. The minimum atomic E-state index is -4.55. The molecule has 0 saturated heterocycles. The van der Waals surface area contributed by atoms with Gasteiger partial charge in [0.1, 0.15) is 0 Å². The molecule has 0 amide bonds. The third kappa shape index (κ3) is 4.87. The quantitative estimate of drug-likeness (QED) is 0.840. The number of hydrogen-bond acceptors (Lipinski definition) is 3. The highest BCUT2D eigenvalue weighted by Crippen LogP contribution is 2.33. The van der Waals surface area contributed by atoms with Gasteiger partial charge in [-0.15, -0.1) is 0 Å². The molecule has 1 rings (SSSR count). The van der Waals surface area contributed by atoms with Crippen molar-refractivity contribution in [2.45, 2.75) is 19.5 Å². The first kappa shape index (κ1) is 17.7. The van der Waals surface area contributed by atoms with E-state index in [1.54, 1.807) is 0 Å². The molecule has 0 aliphatic heterocycles. The molecular formula is C12H17F3N2O3S. The lowest BCUT2D eigenvalue weighted by atomic mass is 10.1. The summed E-state index contributed by atoms with van der Waals surface area (Å²) in [6.07, 6.45) is -4.31. The fourth-order valence-corrected chi connectivity index (χ4v) is 2.58. The van der Waals surface area contributed by atoms with E-state index in [-0.39, 0.29) is 30.8 Å². The zero-order valence-electron chi connectivity index (χ0n) is 11.6. The molecule has 1 aromatic rings. The van der Waals surface area contributed by atoms with Gasteiger partial charge in [0.25, 0.3) is 0 Å². The summed E-state index contributed by atoms with van der Waals surface area (Å²) in [6.45, 7) is 1.18. The molecule has 0 radical (unpaired) electrons. The molecule has 0 saturated carbocycles. The van der Waals surface area contributed by atoms with Gasteiger partial charge in [-0.3, -0.25) is 4.72 Å². The van der Waals surface area contributed by atoms with Crippen LogP contribution in [0.25, 0.3) is 0 Å². The summed E-state index contributed by atoms with van der Waals surface area (Å²) in [5.74, 6) is 0. The van der Waals surface area contributed by atoms with Gasteiger partial charge < -0.3 is 5.11 Å². The number of rotatable bonds is 6. The topological polar surface area (TPSA) is 69.6 Å². The van der Waals surface area contributed by atoms with Crippen LogP contribution in [0.5, 0.6) is 0 Å². The predicted octanol–water partition coefficient (Wildman–Crippen LogP) is 1.98. The standard InChI is InChI=1S/C12H17F3N2O3S/c1-9-4-5-10(8-11(9)12(13,14)15)16-21(19,20)17(2)6-3-7-18/h4-5,8,16,18H,3,6-7H2,1-2H3. The minimum Gasteiger partial charge on any atom is -0.396 e. The lowest BCUT2D eigenvalue weighted by molar-refractivity contribution is -0.138. The summed E-state index contributed by atoms with van der Waals surface area (Å²) < 4.78 is 65.1. The van der Waals surface area contributed by atoms with Crippen LogP contribution in [0.1, 0.15) is 17.5 Å². The molecule has 0 heterocycles. The van der Waals surface area contributed by atoms with Crippen LogP contribution in [-0.2, 0) is 16.4 Å². The van der Waals surface area contributed by atoms with E-state index < -0.39 is 21.9 Å². The number of halogens is 3. The molecule has 0 bridgehead atoms. The maximum absolute atomic E-state index is 12.8. The van der Waals surface area contributed by atoms with E-state index in [4.69, 9.17) is 5.11 Å². The Hall–Kier alpha value is -1.32. The van der Waals surface area contributed by atoms with Crippen LogP contribution < -0.4 is 4.72 Å². The maximum atomic E-state index is 12.8. The van der Waals surface area contributed by atoms with Crippen molar-refractivity contribution in [3.8, 4) is 0 Å². The molecule has 2 N–H and O–H groups in total. The summed E-state index contributed by atoms with van der Waals surface area (Å²) in [5.41, 5.74) is -1.04. The van der Waals surface area contributed by atoms with Crippen molar-refractivity contribution in [1.82, 2.24) is 4.31 Å². The van der Waals surface area contributed by atoms with Gasteiger partial charge in [0.05, 0.1) is 11.3 Å². The molecule has 5 nitrogen and oxygen atoms in total. The molecule has 120 valence electrons. The Morgan fingerprint density at radius 2 is 1.95 bits per heavy atom. The Labute approximate surface area is 121 Å². The molecule has 0 unspecified atom stereocenters. The first-order valence-electron chi connectivity index (χ1n) is 6.10. The van der Waals surface area contributed by atoms with Crippen molar-refractivity contribution < 1.29 is 26.7 Å². The zero-order valence-corrected chi connectivity index (χ0v) is 12.4. The molecule has 0 aliphatic rings. The van der Waals surface area contributed by atoms with Crippen LogP contribution in [-0.4, -0.2) is 38.0 Å². The number of hydrogen-bond donors (Lipinski definition) is 2. The Kier molecular flexibility index (Phi) is 5.60. The summed E-state index contributed by atoms with van der Waals surface area (Å²) in [4.78, 5) is 0. The van der Waals surface area contributed by atoms with E-state index in [0.717, 1.165) is 10.4 Å². The second-order valence-electron chi connectivity index (χ2n) is 4.53. The largest absolute Gasteiger partial charge is 0.416 e. The van der Waals surface area contributed by atoms with Crippen molar-refractivity contribution in [1.29, 1.82) is 0 Å². The van der Waals surface area contributed by atoms with E-state index in [9.17, 15) is 21.6 Å². The van der Waals surface area contributed by atoms with E-state index in [1.807, 2.05) is 0 Å². The van der Waals surface area contributed by atoms with Crippen molar-refractivity contribution in [2.75, 3.05) is 24.9 Å². The number of alkyl halides is 3. The van der Waals surface area contributed by atoms with Gasteiger partial charge in [-0.05, 0) is 31.0 Å². The van der Waals surface area contributed by atoms with Gasteiger partial charge in [-0.25, -0.2) is 0 Å². The van der Waals surface area contributed by atoms with Crippen molar-refractivity contribution in [3.63, 3.8) is 0 Å². The number of nitrogens with one attached hydrogen (secondary N) is 1. The number of aliphatic hydroxyl groups excluding tert-OH is 1. The highest BCUT2D eigenvalue weighted by molar-refractivity contribution is 7.90. The fourth-order valence-electron chi connectivity index (χ4n) is 1.63. The summed E-state index contributed by atoms with van der Waals surface area (Å²) in [7, 11) is -2.68. The fraction of sp³-hybridized carbons (Fsp3) is 0.500. The molecule has 0 fully saturated rings. The van der Waals surface area contributed by atoms with E-state index in [1.165, 1.54) is 26.1 Å². The Balaban J connectivity index is 2.98. The first-order chi connectivity index (χ1) is 9.58. The van der Waals surface area contributed by atoms with Crippen molar-refractivity contribution >= 4 is 15.9 Å². The third-order valence-corrected chi connectivity index (χ3v) is 4.33. The van der Waals surface area contributed by atoms with E-state index in [0.29, 0.717) is 0 Å². The van der Waals surface area contributed by atoms with Crippen LogP contribution in [0, 0.1) is 6.92 Å². The Bertz CT molecular complexity index is 588. The molecule has 0 spiro atoms. The monoisotopic (exact) mass is 326 g/mol. The molecule has 9 heteroatoms. The molecule has 1 aromatic carbocycles. The number of nitrogens with zero attached hydrogens (tertiary/aromatic N) is 1. The van der Waals surface area contributed by atoms with Gasteiger partial charge in [-0.2, -0.15) is 25.9 Å². The summed E-state index contributed by atoms with van der Waals surface area (Å²) >= 11 is 0. The normalized spacial score (nSPS) is 12.7.